The second kappa shape index (κ2) is 8.55. The van der Waals surface area contributed by atoms with E-state index in [0.29, 0.717) is 18.4 Å². The predicted octanol–water partition coefficient (Wildman–Crippen LogP) is 4.94. The first-order chi connectivity index (χ1) is 17.3. The Morgan fingerprint density at radius 3 is 2.41 bits per heavy atom. The summed E-state index contributed by atoms with van der Waals surface area (Å²) in [6.45, 7) is 6.28. The number of ketones is 1. The first-order valence-corrected chi connectivity index (χ1v) is 12.2. The number of alkyl halides is 2. The van der Waals surface area contributed by atoms with E-state index < -0.39 is 23.8 Å². The summed E-state index contributed by atoms with van der Waals surface area (Å²) in [5, 5.41) is 20.2. The number of aliphatic carboxylic acids is 1. The molecule has 196 valence electrons. The normalized spacial score (nSPS) is 18.1. The monoisotopic (exact) mass is 513 g/mol. The molecule has 1 fully saturated rings. The van der Waals surface area contributed by atoms with Crippen LogP contribution in [0.3, 0.4) is 0 Å². The third-order valence-corrected chi connectivity index (χ3v) is 7.14. The molecule has 7 nitrogen and oxygen atoms in total. The van der Waals surface area contributed by atoms with Gasteiger partial charge in [0.1, 0.15) is 5.78 Å². The molecular formula is C28H29F2NO6. The number of aliphatic hydroxyl groups excluding tert-OH is 1. The van der Waals surface area contributed by atoms with E-state index in [-0.39, 0.29) is 42.1 Å². The number of hydrogen-bond donors (Lipinski definition) is 2. The Hall–Kier alpha value is -3.46. The second-order valence-corrected chi connectivity index (χ2v) is 11.0. The van der Waals surface area contributed by atoms with E-state index in [1.165, 1.54) is 12.1 Å². The van der Waals surface area contributed by atoms with Gasteiger partial charge in [-0.2, -0.15) is 0 Å². The fourth-order valence-electron chi connectivity index (χ4n) is 5.18. The van der Waals surface area contributed by atoms with Crippen molar-refractivity contribution in [1.82, 2.24) is 4.57 Å². The number of carboxylic acid groups (broad SMARTS) is 1. The van der Waals surface area contributed by atoms with Crippen LogP contribution in [0.5, 0.6) is 11.5 Å². The zero-order valence-electron chi connectivity index (χ0n) is 20.9. The number of halogens is 2. The average Bonchev–Trinajstić information content (AvgIpc) is 3.42. The highest BCUT2D eigenvalue weighted by molar-refractivity contribution is 5.95. The Morgan fingerprint density at radius 2 is 1.76 bits per heavy atom. The van der Waals surface area contributed by atoms with Crippen LogP contribution in [0.25, 0.3) is 10.9 Å². The van der Waals surface area contributed by atoms with Crippen LogP contribution in [0, 0.1) is 0 Å². The smallest absolute Gasteiger partial charge is 0.481 e. The van der Waals surface area contributed by atoms with Crippen LogP contribution >= 0.6 is 0 Å². The minimum Gasteiger partial charge on any atom is -0.481 e. The molecule has 1 aliphatic heterocycles. The van der Waals surface area contributed by atoms with Crippen molar-refractivity contribution in [3.8, 4) is 11.5 Å². The van der Waals surface area contributed by atoms with Crippen LogP contribution in [-0.2, 0) is 33.4 Å². The van der Waals surface area contributed by atoms with Gasteiger partial charge in [-0.15, -0.1) is 8.78 Å². The lowest BCUT2D eigenvalue weighted by Gasteiger charge is -2.23. The summed E-state index contributed by atoms with van der Waals surface area (Å²) in [4.78, 5) is 24.5. The van der Waals surface area contributed by atoms with Gasteiger partial charge in [-0.25, -0.2) is 0 Å². The number of carbonyl (C=O) groups is 2. The highest BCUT2D eigenvalue weighted by Gasteiger charge is 2.52. The summed E-state index contributed by atoms with van der Waals surface area (Å²) in [6, 6.07) is 12.3. The number of carbonyl (C=O) groups excluding carboxylic acids is 1. The number of aliphatic hydroxyl groups is 1. The standard InChI is InChI=1S/C28H29F2NO6/c1-26(2,3)23-12-17-10-16(4-6-20(17)31(23)15-19(32)14-25(34)35)11-24(33)27(8-9-27)18-5-7-21-22(13-18)37-28(29,30)36-21/h4-7,10,12-13,19,32H,8-9,11,14-15H2,1-3H3,(H,34,35). The molecule has 0 radical (unpaired) electrons. The molecule has 2 heterocycles. The van der Waals surface area contributed by atoms with Crippen LogP contribution < -0.4 is 9.47 Å². The number of ether oxygens (including phenoxy) is 2. The quantitative estimate of drug-likeness (QED) is 0.443. The summed E-state index contributed by atoms with van der Waals surface area (Å²) in [5.74, 6) is -1.17. The molecule has 1 unspecified atom stereocenters. The van der Waals surface area contributed by atoms with Crippen molar-refractivity contribution < 1.29 is 38.1 Å². The van der Waals surface area contributed by atoms with Gasteiger partial charge < -0.3 is 24.3 Å². The molecule has 1 aliphatic carbocycles. The molecule has 3 aromatic rings. The summed E-state index contributed by atoms with van der Waals surface area (Å²) >= 11 is 0. The number of carboxylic acids is 1. The molecule has 2 N–H and O–H groups in total. The summed E-state index contributed by atoms with van der Waals surface area (Å²) in [5.41, 5.74) is 2.28. The van der Waals surface area contributed by atoms with Crippen LogP contribution in [0.1, 0.15) is 56.9 Å². The lowest BCUT2D eigenvalue weighted by atomic mass is 9.87. The minimum atomic E-state index is -3.71. The number of Topliss-reactive ketones (excluding diaryl/α,β-unsaturated/α-hetero) is 1. The Morgan fingerprint density at radius 1 is 1.05 bits per heavy atom. The van der Waals surface area contributed by atoms with E-state index in [1.807, 2.05) is 49.6 Å². The zero-order valence-corrected chi connectivity index (χ0v) is 20.9. The van der Waals surface area contributed by atoms with Crippen molar-refractivity contribution in [2.45, 2.75) is 76.2 Å². The molecular weight excluding hydrogens is 484 g/mol. The first kappa shape index (κ1) is 25.2. The molecule has 9 heteroatoms. The number of hydrogen-bond acceptors (Lipinski definition) is 5. The van der Waals surface area contributed by atoms with Crippen LogP contribution in [0.4, 0.5) is 8.78 Å². The average molecular weight is 514 g/mol. The van der Waals surface area contributed by atoms with Gasteiger partial charge >= 0.3 is 12.3 Å². The molecule has 1 aromatic heterocycles. The molecule has 37 heavy (non-hydrogen) atoms. The molecule has 0 saturated heterocycles. The number of fused-ring (bicyclic) bond motifs is 2. The number of aromatic nitrogens is 1. The van der Waals surface area contributed by atoms with Crippen LogP contribution in [0.2, 0.25) is 0 Å². The van der Waals surface area contributed by atoms with Gasteiger partial charge in [0.15, 0.2) is 11.5 Å². The molecule has 1 saturated carbocycles. The molecule has 0 bridgehead atoms. The molecule has 1 atom stereocenters. The second-order valence-electron chi connectivity index (χ2n) is 11.0. The van der Waals surface area contributed by atoms with E-state index in [2.05, 4.69) is 9.47 Å². The highest BCUT2D eigenvalue weighted by atomic mass is 19.3. The van der Waals surface area contributed by atoms with Gasteiger partial charge in [-0.1, -0.05) is 32.9 Å². The fraction of sp³-hybridized carbons (Fsp3) is 0.429. The lowest BCUT2D eigenvalue weighted by Crippen LogP contribution is -2.26. The van der Waals surface area contributed by atoms with Gasteiger partial charge in [-0.3, -0.25) is 9.59 Å². The van der Waals surface area contributed by atoms with E-state index in [4.69, 9.17) is 5.11 Å². The van der Waals surface area contributed by atoms with Crippen molar-refractivity contribution in [1.29, 1.82) is 0 Å². The van der Waals surface area contributed by atoms with E-state index in [1.54, 1.807) is 6.07 Å². The largest absolute Gasteiger partial charge is 0.586 e. The zero-order chi connectivity index (χ0) is 26.8. The highest BCUT2D eigenvalue weighted by Crippen LogP contribution is 2.52. The fourth-order valence-corrected chi connectivity index (χ4v) is 5.18. The van der Waals surface area contributed by atoms with Gasteiger partial charge in [0.25, 0.3) is 0 Å². The van der Waals surface area contributed by atoms with Gasteiger partial charge in [0.2, 0.25) is 0 Å². The van der Waals surface area contributed by atoms with Crippen molar-refractivity contribution >= 4 is 22.7 Å². The Labute approximate surface area is 212 Å². The molecule has 0 amide bonds. The van der Waals surface area contributed by atoms with E-state index in [9.17, 15) is 23.5 Å². The minimum absolute atomic E-state index is 0.00448. The predicted molar refractivity (Wildman–Crippen MR) is 131 cm³/mol. The maximum atomic E-state index is 13.4. The summed E-state index contributed by atoms with van der Waals surface area (Å²) in [6.07, 6.45) is -3.64. The maximum absolute atomic E-state index is 13.4. The summed E-state index contributed by atoms with van der Waals surface area (Å²) < 4.78 is 37.8. The number of nitrogens with zero attached hydrogens (tertiary/aromatic N) is 1. The SMILES string of the molecule is CC(C)(C)c1cc2cc(CC(=O)C3(c4ccc5c(c4)OC(F)(F)O5)CC3)ccc2n1CC(O)CC(=O)O. The molecule has 2 aromatic carbocycles. The maximum Gasteiger partial charge on any atom is 0.586 e. The lowest BCUT2D eigenvalue weighted by molar-refractivity contribution is -0.286. The number of rotatable bonds is 8. The van der Waals surface area contributed by atoms with E-state index in [0.717, 1.165) is 22.2 Å². The van der Waals surface area contributed by atoms with Crippen molar-refractivity contribution in [3.05, 3.63) is 59.3 Å². The van der Waals surface area contributed by atoms with Gasteiger partial charge in [0.05, 0.1) is 17.9 Å². The Bertz CT molecular complexity index is 1400. The van der Waals surface area contributed by atoms with Gasteiger partial charge in [-0.05, 0) is 54.3 Å². The third-order valence-electron chi connectivity index (χ3n) is 7.14. The molecule has 5 rings (SSSR count). The first-order valence-electron chi connectivity index (χ1n) is 12.2. The molecule has 0 spiro atoms. The number of benzene rings is 2. The topological polar surface area (TPSA) is 98.0 Å². The van der Waals surface area contributed by atoms with E-state index >= 15 is 0 Å². The van der Waals surface area contributed by atoms with Crippen molar-refractivity contribution in [2.75, 3.05) is 0 Å². The Kier molecular flexibility index (Phi) is 5.82. The van der Waals surface area contributed by atoms with Gasteiger partial charge in [0, 0.05) is 35.0 Å². The van der Waals surface area contributed by atoms with Crippen LogP contribution in [-0.4, -0.2) is 38.9 Å². The van der Waals surface area contributed by atoms with Crippen molar-refractivity contribution in [2.24, 2.45) is 0 Å². The van der Waals surface area contributed by atoms with Crippen LogP contribution in [0.15, 0.2) is 42.5 Å². The Balaban J connectivity index is 1.40. The third kappa shape index (κ3) is 4.80. The summed E-state index contributed by atoms with van der Waals surface area (Å²) in [7, 11) is 0. The van der Waals surface area contributed by atoms with Crippen molar-refractivity contribution in [3.63, 3.8) is 0 Å². The molecule has 2 aliphatic rings.